The molecule has 0 spiro atoms. The topological polar surface area (TPSA) is 64.8 Å². The highest BCUT2D eigenvalue weighted by Gasteiger charge is 2.23. The Morgan fingerprint density at radius 3 is 2.79 bits per heavy atom. The summed E-state index contributed by atoms with van der Waals surface area (Å²) < 4.78 is 40.1. The molecule has 1 aliphatic heterocycles. The Kier molecular flexibility index (Phi) is 3.25. The lowest BCUT2D eigenvalue weighted by Gasteiger charge is -2.10. The van der Waals surface area contributed by atoms with Gasteiger partial charge in [0.2, 0.25) is 0 Å². The highest BCUT2D eigenvalue weighted by molar-refractivity contribution is 7.90. The van der Waals surface area contributed by atoms with Crippen molar-refractivity contribution in [3.8, 4) is 11.1 Å². The number of nitrogens with zero attached hydrogens (tertiary/aromatic N) is 3. The number of sulfone groups is 1. The van der Waals surface area contributed by atoms with E-state index >= 15 is 0 Å². The van der Waals surface area contributed by atoms with Crippen molar-refractivity contribution in [3.05, 3.63) is 42.2 Å². The Labute approximate surface area is 139 Å². The SMILES string of the molecule is C[C@H]1CCc2nc3cc(F)c(-c4cncc(S(C)(=O)=O)c4)cc3n21. The molecule has 0 saturated heterocycles. The van der Waals surface area contributed by atoms with Crippen LogP contribution in [0.1, 0.15) is 25.2 Å². The number of rotatable bonds is 2. The van der Waals surface area contributed by atoms with E-state index in [4.69, 9.17) is 0 Å². The van der Waals surface area contributed by atoms with Crippen LogP contribution in [0.4, 0.5) is 4.39 Å². The maximum absolute atomic E-state index is 14.6. The minimum atomic E-state index is -3.40. The molecule has 3 heterocycles. The summed E-state index contributed by atoms with van der Waals surface area (Å²) in [6.45, 7) is 2.12. The van der Waals surface area contributed by atoms with Crippen LogP contribution in [0, 0.1) is 5.82 Å². The fraction of sp³-hybridized carbons (Fsp3) is 0.294. The normalized spacial score (nSPS) is 17.4. The van der Waals surface area contributed by atoms with E-state index in [1.165, 1.54) is 24.5 Å². The van der Waals surface area contributed by atoms with Crippen molar-refractivity contribution >= 4 is 20.9 Å². The minimum absolute atomic E-state index is 0.0754. The zero-order chi connectivity index (χ0) is 17.1. The van der Waals surface area contributed by atoms with Gasteiger partial charge in [-0.25, -0.2) is 17.8 Å². The summed E-state index contributed by atoms with van der Waals surface area (Å²) in [7, 11) is -3.40. The second-order valence-electron chi connectivity index (χ2n) is 6.29. The molecule has 24 heavy (non-hydrogen) atoms. The van der Waals surface area contributed by atoms with Gasteiger partial charge in [0.15, 0.2) is 9.84 Å². The minimum Gasteiger partial charge on any atom is -0.325 e. The molecule has 7 heteroatoms. The second kappa shape index (κ2) is 5.11. The first kappa shape index (κ1) is 15.3. The fourth-order valence-electron chi connectivity index (χ4n) is 3.29. The Balaban J connectivity index is 1.94. The molecule has 5 nitrogen and oxygen atoms in total. The number of fused-ring (bicyclic) bond motifs is 3. The number of hydrogen-bond acceptors (Lipinski definition) is 4. The van der Waals surface area contributed by atoms with Crippen LogP contribution < -0.4 is 0 Å². The summed E-state index contributed by atoms with van der Waals surface area (Å²) in [4.78, 5) is 8.54. The van der Waals surface area contributed by atoms with Gasteiger partial charge in [0.25, 0.3) is 0 Å². The van der Waals surface area contributed by atoms with Crippen LogP contribution in [0.5, 0.6) is 0 Å². The van der Waals surface area contributed by atoms with E-state index in [0.29, 0.717) is 22.7 Å². The van der Waals surface area contributed by atoms with Crippen molar-refractivity contribution in [3.63, 3.8) is 0 Å². The van der Waals surface area contributed by atoms with E-state index in [-0.39, 0.29) is 4.90 Å². The number of hydrogen-bond donors (Lipinski definition) is 0. The zero-order valence-electron chi connectivity index (χ0n) is 13.3. The lowest BCUT2D eigenvalue weighted by molar-refractivity contribution is 0.595. The van der Waals surface area contributed by atoms with Gasteiger partial charge in [-0.3, -0.25) is 4.98 Å². The first-order valence-electron chi connectivity index (χ1n) is 7.70. The maximum Gasteiger partial charge on any atom is 0.177 e. The lowest BCUT2D eigenvalue weighted by atomic mass is 10.1. The summed E-state index contributed by atoms with van der Waals surface area (Å²) in [5.74, 6) is 0.538. The van der Waals surface area contributed by atoms with Gasteiger partial charge in [-0.1, -0.05) is 0 Å². The van der Waals surface area contributed by atoms with Gasteiger partial charge in [0, 0.05) is 48.3 Å². The van der Waals surface area contributed by atoms with Crippen LogP contribution in [0.2, 0.25) is 0 Å². The number of aromatic nitrogens is 3. The fourth-order valence-corrected chi connectivity index (χ4v) is 3.88. The van der Waals surface area contributed by atoms with Crippen LogP contribution in [0.25, 0.3) is 22.2 Å². The smallest absolute Gasteiger partial charge is 0.177 e. The van der Waals surface area contributed by atoms with E-state index < -0.39 is 15.7 Å². The number of pyridine rings is 1. The van der Waals surface area contributed by atoms with Gasteiger partial charge in [0.1, 0.15) is 11.6 Å². The second-order valence-corrected chi connectivity index (χ2v) is 8.30. The average molecular weight is 345 g/mol. The number of halogens is 1. The largest absolute Gasteiger partial charge is 0.325 e. The maximum atomic E-state index is 14.6. The summed E-state index contributed by atoms with van der Waals surface area (Å²) in [6, 6.07) is 4.93. The highest BCUT2D eigenvalue weighted by atomic mass is 32.2. The van der Waals surface area contributed by atoms with Crippen molar-refractivity contribution in [2.75, 3.05) is 6.26 Å². The van der Waals surface area contributed by atoms with E-state index in [0.717, 1.165) is 30.4 Å². The van der Waals surface area contributed by atoms with E-state index in [2.05, 4.69) is 21.5 Å². The van der Waals surface area contributed by atoms with Gasteiger partial charge in [-0.2, -0.15) is 0 Å². The molecule has 0 aliphatic carbocycles. The van der Waals surface area contributed by atoms with Gasteiger partial charge >= 0.3 is 0 Å². The highest BCUT2D eigenvalue weighted by Crippen LogP contribution is 2.34. The van der Waals surface area contributed by atoms with Crippen LogP contribution >= 0.6 is 0 Å². The Bertz CT molecular complexity index is 1070. The predicted molar refractivity (Wildman–Crippen MR) is 89.1 cm³/mol. The summed E-state index contributed by atoms with van der Waals surface area (Å²) in [5, 5.41) is 0. The van der Waals surface area contributed by atoms with Crippen molar-refractivity contribution in [2.45, 2.75) is 30.7 Å². The number of aryl methyl sites for hydroxylation is 1. The molecule has 0 saturated carbocycles. The van der Waals surface area contributed by atoms with E-state index in [1.54, 1.807) is 6.07 Å². The van der Waals surface area contributed by atoms with Gasteiger partial charge < -0.3 is 4.57 Å². The summed E-state index contributed by atoms with van der Waals surface area (Å²) in [5.41, 5.74) is 2.28. The van der Waals surface area contributed by atoms with Gasteiger partial charge in [-0.05, 0) is 25.5 Å². The van der Waals surface area contributed by atoms with Crippen molar-refractivity contribution < 1.29 is 12.8 Å². The standard InChI is InChI=1S/C17H16FN3O2S/c1-10-3-4-17-20-15-7-14(18)13(6-16(15)21(10)17)11-5-12(9-19-8-11)24(2,22)23/h5-10H,3-4H2,1-2H3/t10-/m0/s1. The lowest BCUT2D eigenvalue weighted by Crippen LogP contribution is -2.00. The molecule has 0 bridgehead atoms. The van der Waals surface area contributed by atoms with Crippen LogP contribution in [-0.2, 0) is 16.3 Å². The van der Waals surface area contributed by atoms with Crippen LogP contribution in [0.3, 0.4) is 0 Å². The molecule has 1 atom stereocenters. The molecular weight excluding hydrogens is 329 g/mol. The molecule has 4 rings (SSSR count). The summed E-state index contributed by atoms with van der Waals surface area (Å²) in [6.07, 6.45) is 5.77. The Morgan fingerprint density at radius 2 is 2.04 bits per heavy atom. The monoisotopic (exact) mass is 345 g/mol. The molecule has 1 aliphatic rings. The third kappa shape index (κ3) is 2.31. The number of imidazole rings is 1. The Morgan fingerprint density at radius 1 is 1.25 bits per heavy atom. The quantitative estimate of drug-likeness (QED) is 0.716. The van der Waals surface area contributed by atoms with Crippen molar-refractivity contribution in [1.29, 1.82) is 0 Å². The molecule has 124 valence electrons. The molecule has 0 amide bonds. The van der Waals surface area contributed by atoms with E-state index in [9.17, 15) is 12.8 Å². The summed E-state index contributed by atoms with van der Waals surface area (Å²) >= 11 is 0. The van der Waals surface area contributed by atoms with E-state index in [1.807, 2.05) is 0 Å². The third-order valence-electron chi connectivity index (χ3n) is 4.53. The molecular formula is C17H16FN3O2S. The first-order valence-corrected chi connectivity index (χ1v) is 9.59. The predicted octanol–water partition coefficient (Wildman–Crippen LogP) is 3.15. The zero-order valence-corrected chi connectivity index (χ0v) is 14.1. The third-order valence-corrected chi connectivity index (χ3v) is 5.61. The van der Waals surface area contributed by atoms with Gasteiger partial charge in [-0.15, -0.1) is 0 Å². The molecule has 1 aromatic carbocycles. The molecule has 0 radical (unpaired) electrons. The number of benzene rings is 1. The molecule has 0 unspecified atom stereocenters. The molecule has 0 N–H and O–H groups in total. The average Bonchev–Trinajstić information content (AvgIpc) is 3.05. The molecule has 2 aromatic heterocycles. The van der Waals surface area contributed by atoms with Crippen molar-refractivity contribution in [1.82, 2.24) is 14.5 Å². The first-order chi connectivity index (χ1) is 11.3. The molecule has 0 fully saturated rings. The van der Waals surface area contributed by atoms with Crippen molar-refractivity contribution in [2.24, 2.45) is 0 Å². The Hall–Kier alpha value is -2.28. The van der Waals surface area contributed by atoms with Gasteiger partial charge in [0.05, 0.1) is 15.9 Å². The van der Waals surface area contributed by atoms with Crippen LogP contribution in [-0.4, -0.2) is 29.2 Å². The molecule has 3 aromatic rings. The van der Waals surface area contributed by atoms with Crippen LogP contribution in [0.15, 0.2) is 35.5 Å².